The molecule has 1 heterocycles. The van der Waals surface area contributed by atoms with Gasteiger partial charge in [-0.15, -0.1) is 0 Å². The largest absolute Gasteiger partial charge is 0.263 e. The molecule has 0 aromatic carbocycles. The first-order valence-electron chi connectivity index (χ1n) is 3.61. The minimum Gasteiger partial charge on any atom is -0.263 e. The van der Waals surface area contributed by atoms with E-state index in [2.05, 4.69) is 30.9 Å². The van der Waals surface area contributed by atoms with Gasteiger partial charge in [0.2, 0.25) is 0 Å². The predicted octanol–water partition coefficient (Wildman–Crippen LogP) is 3.17. The van der Waals surface area contributed by atoms with Gasteiger partial charge in [0.15, 0.2) is 0 Å². The van der Waals surface area contributed by atoms with Crippen LogP contribution in [0, 0.1) is 0 Å². The molecule has 0 spiro atoms. The fourth-order valence-electron chi connectivity index (χ4n) is 0.792. The lowest BCUT2D eigenvalue weighted by molar-refractivity contribution is 1.22. The highest BCUT2D eigenvalue weighted by atomic mass is 79.9. The average molecular weight is 239 g/mol. The lowest BCUT2D eigenvalue weighted by Gasteiger charge is -1.91. The molecule has 4 nitrogen and oxygen atoms in total. The van der Waals surface area contributed by atoms with Crippen LogP contribution in [-0.4, -0.2) is 11.5 Å². The molecule has 0 fully saturated rings. The molecular weight excluding hydrogens is 232 g/mol. The molecule has 0 saturated heterocycles. The fraction of sp³-hybridized carbons (Fsp3) is 0.125. The first-order chi connectivity index (χ1) is 6.33. The smallest absolute Gasteiger partial charge is 0.0443 e. The minimum absolute atomic E-state index is 0.364. The van der Waals surface area contributed by atoms with Gasteiger partial charge in [-0.05, 0) is 33.1 Å². The predicted molar refractivity (Wildman–Crippen MR) is 55.0 cm³/mol. The molecule has 0 amide bonds. The van der Waals surface area contributed by atoms with Crippen molar-refractivity contribution >= 4 is 22.0 Å². The van der Waals surface area contributed by atoms with Gasteiger partial charge >= 0.3 is 0 Å². The topological polar surface area (TPSA) is 61.7 Å². The number of rotatable bonds is 3. The molecular formula is C8H7BrN4. The van der Waals surface area contributed by atoms with Gasteiger partial charge in [-0.2, -0.15) is 0 Å². The third-order valence-corrected chi connectivity index (χ3v) is 1.72. The Morgan fingerprint density at radius 1 is 1.62 bits per heavy atom. The average Bonchev–Trinajstić information content (AvgIpc) is 2.13. The Morgan fingerprint density at radius 3 is 3.15 bits per heavy atom. The fourth-order valence-corrected chi connectivity index (χ4v) is 1.17. The number of aromatic nitrogens is 1. The van der Waals surface area contributed by atoms with Gasteiger partial charge < -0.3 is 0 Å². The summed E-state index contributed by atoms with van der Waals surface area (Å²) >= 11 is 3.31. The zero-order valence-corrected chi connectivity index (χ0v) is 8.35. The van der Waals surface area contributed by atoms with Gasteiger partial charge in [0.05, 0.1) is 0 Å². The van der Waals surface area contributed by atoms with E-state index < -0.39 is 0 Å². The maximum absolute atomic E-state index is 8.01. The van der Waals surface area contributed by atoms with Crippen molar-refractivity contribution in [3.8, 4) is 0 Å². The summed E-state index contributed by atoms with van der Waals surface area (Å²) in [5.41, 5.74) is 8.99. The minimum atomic E-state index is 0.364. The number of nitrogens with zero attached hydrogens (tertiary/aromatic N) is 4. The second-order valence-corrected chi connectivity index (χ2v) is 3.17. The maximum Gasteiger partial charge on any atom is 0.0443 e. The van der Waals surface area contributed by atoms with Crippen molar-refractivity contribution in [2.75, 3.05) is 6.54 Å². The zero-order valence-electron chi connectivity index (χ0n) is 6.76. The van der Waals surface area contributed by atoms with Crippen molar-refractivity contribution in [2.24, 2.45) is 5.11 Å². The van der Waals surface area contributed by atoms with E-state index >= 15 is 0 Å². The van der Waals surface area contributed by atoms with Crippen molar-refractivity contribution in [2.45, 2.75) is 0 Å². The van der Waals surface area contributed by atoms with Crippen LogP contribution in [0.4, 0.5) is 0 Å². The van der Waals surface area contributed by atoms with E-state index in [1.54, 1.807) is 18.5 Å². The highest BCUT2D eigenvalue weighted by Crippen LogP contribution is 2.10. The molecule has 0 radical (unpaired) electrons. The van der Waals surface area contributed by atoms with Crippen molar-refractivity contribution in [1.82, 2.24) is 4.98 Å². The molecule has 1 aromatic heterocycles. The summed E-state index contributed by atoms with van der Waals surface area (Å²) < 4.78 is 0.929. The number of hydrogen-bond donors (Lipinski definition) is 0. The Kier molecular flexibility index (Phi) is 4.02. The van der Waals surface area contributed by atoms with Crippen LogP contribution in [0.5, 0.6) is 0 Å². The van der Waals surface area contributed by atoms with Gasteiger partial charge in [-0.3, -0.25) is 4.98 Å². The van der Waals surface area contributed by atoms with E-state index in [0.717, 1.165) is 10.0 Å². The van der Waals surface area contributed by atoms with Gasteiger partial charge in [0.1, 0.15) is 0 Å². The third-order valence-electron chi connectivity index (χ3n) is 1.29. The number of halogens is 1. The molecule has 0 atom stereocenters. The highest BCUT2D eigenvalue weighted by molar-refractivity contribution is 9.10. The van der Waals surface area contributed by atoms with Crippen LogP contribution in [0.25, 0.3) is 16.5 Å². The van der Waals surface area contributed by atoms with Crippen LogP contribution in [0.15, 0.2) is 34.1 Å². The maximum atomic E-state index is 8.01. The molecule has 0 bridgehead atoms. The molecule has 0 unspecified atom stereocenters. The monoisotopic (exact) mass is 238 g/mol. The number of pyridine rings is 1. The number of hydrogen-bond acceptors (Lipinski definition) is 2. The van der Waals surface area contributed by atoms with Gasteiger partial charge in [0.25, 0.3) is 0 Å². The Morgan fingerprint density at radius 2 is 2.46 bits per heavy atom. The van der Waals surface area contributed by atoms with Crippen molar-refractivity contribution in [3.05, 3.63) is 45.0 Å². The normalized spacial score (nSPS) is 9.92. The third kappa shape index (κ3) is 3.73. The van der Waals surface area contributed by atoms with Crippen LogP contribution in [-0.2, 0) is 0 Å². The second-order valence-electron chi connectivity index (χ2n) is 2.25. The molecule has 0 aliphatic heterocycles. The quantitative estimate of drug-likeness (QED) is 0.454. The standard InChI is InChI=1S/C8H7BrN4/c9-8-4-7(5-11-6-8)2-1-3-12-13-10/h1-2,4-6H,3H2. The molecule has 5 heteroatoms. The Bertz CT molecular complexity index is 355. The summed E-state index contributed by atoms with van der Waals surface area (Å²) in [6, 6.07) is 1.93. The SMILES string of the molecule is [N-]=[N+]=NCC=Cc1cncc(Br)c1. The van der Waals surface area contributed by atoms with Crippen LogP contribution in [0.3, 0.4) is 0 Å². The molecule has 0 aliphatic carbocycles. The Hall–Kier alpha value is -1.32. The Labute approximate surface area is 84.1 Å². The molecule has 1 aromatic rings. The van der Waals surface area contributed by atoms with Crippen molar-refractivity contribution in [1.29, 1.82) is 0 Å². The highest BCUT2D eigenvalue weighted by Gasteiger charge is 1.88. The van der Waals surface area contributed by atoms with Crippen molar-refractivity contribution in [3.63, 3.8) is 0 Å². The van der Waals surface area contributed by atoms with Gasteiger partial charge in [-0.1, -0.05) is 17.3 Å². The molecule has 0 N–H and O–H groups in total. The summed E-state index contributed by atoms with van der Waals surface area (Å²) in [4.78, 5) is 6.61. The lowest BCUT2D eigenvalue weighted by Crippen LogP contribution is -1.76. The summed E-state index contributed by atoms with van der Waals surface area (Å²) in [5, 5.41) is 3.37. The summed E-state index contributed by atoms with van der Waals surface area (Å²) in [6.45, 7) is 0.364. The first-order valence-corrected chi connectivity index (χ1v) is 4.40. The molecule has 0 aliphatic rings. The summed E-state index contributed by atoms with van der Waals surface area (Å²) in [7, 11) is 0. The van der Waals surface area contributed by atoms with Crippen LogP contribution in [0.2, 0.25) is 0 Å². The molecule has 0 saturated carbocycles. The van der Waals surface area contributed by atoms with Crippen LogP contribution in [0.1, 0.15) is 5.56 Å². The van der Waals surface area contributed by atoms with Crippen molar-refractivity contribution < 1.29 is 0 Å². The molecule has 66 valence electrons. The Balaban J connectivity index is 2.63. The van der Waals surface area contributed by atoms with E-state index in [1.165, 1.54) is 0 Å². The van der Waals surface area contributed by atoms with E-state index in [1.807, 2.05) is 12.1 Å². The first kappa shape index (κ1) is 9.77. The van der Waals surface area contributed by atoms with Crippen LogP contribution >= 0.6 is 15.9 Å². The summed E-state index contributed by atoms with van der Waals surface area (Å²) in [5.74, 6) is 0. The summed E-state index contributed by atoms with van der Waals surface area (Å²) in [6.07, 6.45) is 7.08. The van der Waals surface area contributed by atoms with E-state index in [-0.39, 0.29) is 0 Å². The molecule has 13 heavy (non-hydrogen) atoms. The zero-order chi connectivity index (χ0) is 9.52. The van der Waals surface area contributed by atoms with Gasteiger partial charge in [-0.25, -0.2) is 0 Å². The van der Waals surface area contributed by atoms with Gasteiger partial charge in [0, 0.05) is 28.3 Å². The van der Waals surface area contributed by atoms with E-state index in [0.29, 0.717) is 6.54 Å². The van der Waals surface area contributed by atoms with E-state index in [4.69, 9.17) is 5.53 Å². The van der Waals surface area contributed by atoms with E-state index in [9.17, 15) is 0 Å². The van der Waals surface area contributed by atoms with Crippen LogP contribution < -0.4 is 0 Å². The number of azide groups is 1. The second kappa shape index (κ2) is 5.35. The molecule has 1 rings (SSSR count). The lowest BCUT2D eigenvalue weighted by atomic mass is 10.2.